The first-order valence-corrected chi connectivity index (χ1v) is 5.35. The number of hydrogen-bond donors (Lipinski definition) is 1. The number of rotatable bonds is 6. The average molecular weight is 266 g/mol. The summed E-state index contributed by atoms with van der Waals surface area (Å²) in [5.74, 6) is -0.818. The summed E-state index contributed by atoms with van der Waals surface area (Å²) in [7, 11) is 3.03. The van der Waals surface area contributed by atoms with Crippen LogP contribution in [0.25, 0.3) is 6.08 Å². The Hall–Kier alpha value is -2.50. The molecule has 6 nitrogen and oxygen atoms in total. The summed E-state index contributed by atoms with van der Waals surface area (Å²) < 4.78 is 14.6. The van der Waals surface area contributed by atoms with E-state index in [0.29, 0.717) is 17.1 Å². The predicted molar refractivity (Wildman–Crippen MR) is 67.2 cm³/mol. The smallest absolute Gasteiger partial charge is 0.341 e. The van der Waals surface area contributed by atoms with Crippen LogP contribution in [0.1, 0.15) is 5.56 Å². The van der Waals surface area contributed by atoms with E-state index in [1.165, 1.54) is 20.3 Å². The van der Waals surface area contributed by atoms with Crippen LogP contribution in [0.2, 0.25) is 0 Å². The van der Waals surface area contributed by atoms with E-state index >= 15 is 0 Å². The van der Waals surface area contributed by atoms with Gasteiger partial charge in [0, 0.05) is 6.08 Å². The van der Waals surface area contributed by atoms with Gasteiger partial charge in [0.25, 0.3) is 0 Å². The minimum Gasteiger partial charge on any atom is -0.493 e. The lowest BCUT2D eigenvalue weighted by Gasteiger charge is -2.07. The first-order valence-electron chi connectivity index (χ1n) is 5.35. The minimum absolute atomic E-state index is 0.531. The normalized spacial score (nSPS) is 10.2. The molecule has 1 aromatic carbocycles. The molecule has 0 unspecified atom stereocenters. The second kappa shape index (κ2) is 7.05. The largest absolute Gasteiger partial charge is 0.493 e. The Morgan fingerprint density at radius 1 is 1.21 bits per heavy atom. The summed E-state index contributed by atoms with van der Waals surface area (Å²) in [4.78, 5) is 21.4. The third-order valence-corrected chi connectivity index (χ3v) is 2.16. The van der Waals surface area contributed by atoms with Gasteiger partial charge in [-0.25, -0.2) is 9.59 Å². The van der Waals surface area contributed by atoms with Crippen LogP contribution in [0.4, 0.5) is 0 Å². The summed E-state index contributed by atoms with van der Waals surface area (Å²) in [6.07, 6.45) is 2.64. The van der Waals surface area contributed by atoms with E-state index in [0.717, 1.165) is 6.08 Å². The van der Waals surface area contributed by atoms with E-state index < -0.39 is 18.5 Å². The molecule has 0 atom stereocenters. The zero-order valence-electron chi connectivity index (χ0n) is 10.6. The molecule has 0 amide bonds. The lowest BCUT2D eigenvalue weighted by molar-refractivity contribution is -0.151. The van der Waals surface area contributed by atoms with Gasteiger partial charge in [-0.2, -0.15) is 0 Å². The Labute approximate surface area is 110 Å². The maximum Gasteiger partial charge on any atom is 0.341 e. The first-order chi connectivity index (χ1) is 9.06. The van der Waals surface area contributed by atoms with Gasteiger partial charge in [-0.05, 0) is 23.8 Å². The molecule has 0 aromatic heterocycles. The van der Waals surface area contributed by atoms with Crippen molar-refractivity contribution < 1.29 is 28.9 Å². The van der Waals surface area contributed by atoms with E-state index in [4.69, 9.17) is 14.6 Å². The van der Waals surface area contributed by atoms with Crippen molar-refractivity contribution in [2.45, 2.75) is 0 Å². The van der Waals surface area contributed by atoms with Crippen molar-refractivity contribution in [1.29, 1.82) is 0 Å². The Kier molecular flexibility index (Phi) is 5.40. The molecule has 6 heteroatoms. The number of aliphatic carboxylic acids is 1. The Bertz CT molecular complexity index is 492. The zero-order chi connectivity index (χ0) is 14.3. The molecule has 0 aliphatic carbocycles. The van der Waals surface area contributed by atoms with Gasteiger partial charge in [0.05, 0.1) is 14.2 Å². The van der Waals surface area contributed by atoms with Crippen molar-refractivity contribution in [3.63, 3.8) is 0 Å². The number of ether oxygens (including phenoxy) is 3. The number of carboxylic acids is 1. The highest BCUT2D eigenvalue weighted by Crippen LogP contribution is 2.27. The summed E-state index contributed by atoms with van der Waals surface area (Å²) in [5, 5.41) is 8.34. The number of carbonyl (C=O) groups excluding carboxylic acids is 1. The van der Waals surface area contributed by atoms with Crippen molar-refractivity contribution >= 4 is 18.0 Å². The molecule has 102 valence electrons. The van der Waals surface area contributed by atoms with Crippen molar-refractivity contribution in [3.05, 3.63) is 29.8 Å². The highest BCUT2D eigenvalue weighted by atomic mass is 16.5. The number of esters is 1. The summed E-state index contributed by atoms with van der Waals surface area (Å²) in [6, 6.07) is 5.10. The molecule has 0 radical (unpaired) electrons. The van der Waals surface area contributed by atoms with Crippen LogP contribution in [0.15, 0.2) is 24.3 Å². The maximum absolute atomic E-state index is 11.2. The fourth-order valence-corrected chi connectivity index (χ4v) is 1.30. The summed E-state index contributed by atoms with van der Waals surface area (Å²) in [5.41, 5.74) is 0.699. The number of methoxy groups -OCH3 is 2. The Balaban J connectivity index is 2.71. The average Bonchev–Trinajstić information content (AvgIpc) is 2.42. The number of benzene rings is 1. The second-order valence-electron chi connectivity index (χ2n) is 3.45. The van der Waals surface area contributed by atoms with Crippen LogP contribution >= 0.6 is 0 Å². The molecule has 1 rings (SSSR count). The number of hydrogen-bond acceptors (Lipinski definition) is 5. The Morgan fingerprint density at radius 3 is 2.47 bits per heavy atom. The molecular formula is C13H14O6. The van der Waals surface area contributed by atoms with Crippen LogP contribution in [-0.2, 0) is 14.3 Å². The van der Waals surface area contributed by atoms with Gasteiger partial charge in [0.1, 0.15) is 0 Å². The van der Waals surface area contributed by atoms with Crippen molar-refractivity contribution in [1.82, 2.24) is 0 Å². The molecule has 0 bridgehead atoms. The predicted octanol–water partition coefficient (Wildman–Crippen LogP) is 1.34. The van der Waals surface area contributed by atoms with E-state index in [9.17, 15) is 9.59 Å². The molecule has 0 saturated carbocycles. The lowest BCUT2D eigenvalue weighted by Crippen LogP contribution is -2.10. The molecular weight excluding hydrogens is 252 g/mol. The molecule has 0 spiro atoms. The van der Waals surface area contributed by atoms with Gasteiger partial charge in [-0.3, -0.25) is 0 Å². The molecule has 1 aromatic rings. The van der Waals surface area contributed by atoms with Crippen molar-refractivity contribution in [2.24, 2.45) is 0 Å². The third kappa shape index (κ3) is 4.71. The van der Waals surface area contributed by atoms with Gasteiger partial charge in [0.2, 0.25) is 0 Å². The molecule has 0 fully saturated rings. The zero-order valence-corrected chi connectivity index (χ0v) is 10.6. The van der Waals surface area contributed by atoms with Gasteiger partial charge in [-0.1, -0.05) is 6.07 Å². The van der Waals surface area contributed by atoms with E-state index in [1.54, 1.807) is 18.2 Å². The monoisotopic (exact) mass is 266 g/mol. The van der Waals surface area contributed by atoms with Crippen LogP contribution in [0.5, 0.6) is 11.5 Å². The minimum atomic E-state index is -1.20. The molecule has 0 aliphatic rings. The van der Waals surface area contributed by atoms with Gasteiger partial charge < -0.3 is 19.3 Å². The Morgan fingerprint density at radius 2 is 1.89 bits per heavy atom. The highest BCUT2D eigenvalue weighted by molar-refractivity contribution is 5.88. The van der Waals surface area contributed by atoms with Crippen LogP contribution < -0.4 is 9.47 Å². The number of carbonyl (C=O) groups is 2. The van der Waals surface area contributed by atoms with E-state index in [-0.39, 0.29) is 0 Å². The second-order valence-corrected chi connectivity index (χ2v) is 3.45. The van der Waals surface area contributed by atoms with Crippen molar-refractivity contribution in [3.8, 4) is 11.5 Å². The molecule has 19 heavy (non-hydrogen) atoms. The maximum atomic E-state index is 11.2. The third-order valence-electron chi connectivity index (χ3n) is 2.16. The lowest BCUT2D eigenvalue weighted by atomic mass is 10.2. The topological polar surface area (TPSA) is 82.1 Å². The fraction of sp³-hybridized carbons (Fsp3) is 0.231. The van der Waals surface area contributed by atoms with Crippen LogP contribution in [0, 0.1) is 0 Å². The van der Waals surface area contributed by atoms with E-state index in [2.05, 4.69) is 4.74 Å². The fourth-order valence-electron chi connectivity index (χ4n) is 1.30. The molecule has 0 aliphatic heterocycles. The van der Waals surface area contributed by atoms with Gasteiger partial charge in [-0.15, -0.1) is 0 Å². The molecule has 0 heterocycles. The van der Waals surface area contributed by atoms with Gasteiger partial charge >= 0.3 is 11.9 Å². The number of carboxylic acid groups (broad SMARTS) is 1. The van der Waals surface area contributed by atoms with E-state index in [1.807, 2.05) is 0 Å². The van der Waals surface area contributed by atoms with Crippen LogP contribution in [0.3, 0.4) is 0 Å². The summed E-state index contributed by atoms with van der Waals surface area (Å²) >= 11 is 0. The van der Waals surface area contributed by atoms with Gasteiger partial charge in [0.15, 0.2) is 18.1 Å². The quantitative estimate of drug-likeness (QED) is 0.618. The van der Waals surface area contributed by atoms with Crippen LogP contribution in [-0.4, -0.2) is 37.9 Å². The first kappa shape index (κ1) is 14.6. The van der Waals surface area contributed by atoms with Crippen molar-refractivity contribution in [2.75, 3.05) is 20.8 Å². The molecule has 1 N–H and O–H groups in total. The molecule has 0 saturated heterocycles. The SMILES string of the molecule is COc1ccc(/C=C/C(=O)OCC(=O)O)cc1OC. The summed E-state index contributed by atoms with van der Waals surface area (Å²) in [6.45, 7) is -0.658. The highest BCUT2D eigenvalue weighted by Gasteiger charge is 2.04. The standard InChI is InChI=1S/C13H14O6/c1-17-10-5-3-9(7-11(10)18-2)4-6-13(16)19-8-12(14)15/h3-7H,8H2,1-2H3,(H,14,15)/b6-4+.